The van der Waals surface area contributed by atoms with Crippen molar-refractivity contribution in [3.63, 3.8) is 0 Å². The van der Waals surface area contributed by atoms with Crippen LogP contribution in [0.15, 0.2) is 30.3 Å². The highest BCUT2D eigenvalue weighted by Gasteiger charge is 2.24. The van der Waals surface area contributed by atoms with E-state index in [-0.39, 0.29) is 12.1 Å². The predicted octanol–water partition coefficient (Wildman–Crippen LogP) is 0.995. The zero-order valence-corrected chi connectivity index (χ0v) is 7.85. The number of ether oxygens (including phenoxy) is 1. The van der Waals surface area contributed by atoms with E-state index in [1.54, 1.807) is 0 Å². The first kappa shape index (κ1) is 9.21. The maximum atomic E-state index is 10.5. The van der Waals surface area contributed by atoms with Crippen LogP contribution >= 0.6 is 0 Å². The average molecular weight is 191 g/mol. The molecule has 1 aliphatic heterocycles. The molecule has 1 aliphatic rings. The molecule has 14 heavy (non-hydrogen) atoms. The minimum atomic E-state index is -0.0382. The summed E-state index contributed by atoms with van der Waals surface area (Å²) in [6.07, 6.45) is 1.82. The van der Waals surface area contributed by atoms with E-state index in [0.29, 0.717) is 0 Å². The molecule has 1 aromatic rings. The summed E-state index contributed by atoms with van der Waals surface area (Å²) in [4.78, 5) is 10.5. The standard InChI is InChI=1S/C11H13NO2/c13-8-9-6-11(7-12-9)14-10-4-2-1-3-5-10/h1-5,8-9,11-12H,6-7H2/t9-,11?/m0/s1. The van der Waals surface area contributed by atoms with Crippen molar-refractivity contribution in [2.75, 3.05) is 6.54 Å². The third-order valence-corrected chi connectivity index (χ3v) is 2.33. The van der Waals surface area contributed by atoms with Gasteiger partial charge in [0.2, 0.25) is 0 Å². The minimum Gasteiger partial charge on any atom is -0.489 e. The molecule has 0 aromatic heterocycles. The van der Waals surface area contributed by atoms with E-state index in [1.807, 2.05) is 30.3 Å². The number of carbonyl (C=O) groups excluding carboxylic acids is 1. The van der Waals surface area contributed by atoms with Gasteiger partial charge in [0, 0.05) is 13.0 Å². The van der Waals surface area contributed by atoms with Gasteiger partial charge in [0.05, 0.1) is 6.04 Å². The molecule has 0 amide bonds. The molecule has 3 nitrogen and oxygen atoms in total. The normalized spacial score (nSPS) is 26.0. The van der Waals surface area contributed by atoms with Crippen LogP contribution in [-0.4, -0.2) is 25.0 Å². The highest BCUT2D eigenvalue weighted by molar-refractivity contribution is 5.58. The Kier molecular flexibility index (Phi) is 2.79. The van der Waals surface area contributed by atoms with Gasteiger partial charge in [0.1, 0.15) is 18.1 Å². The van der Waals surface area contributed by atoms with Gasteiger partial charge in [-0.05, 0) is 12.1 Å². The second kappa shape index (κ2) is 4.24. The maximum absolute atomic E-state index is 10.5. The fourth-order valence-electron chi connectivity index (χ4n) is 1.62. The van der Waals surface area contributed by atoms with Gasteiger partial charge in [-0.25, -0.2) is 0 Å². The van der Waals surface area contributed by atoms with Gasteiger partial charge in [-0.3, -0.25) is 0 Å². The average Bonchev–Trinajstić information content (AvgIpc) is 2.67. The van der Waals surface area contributed by atoms with Crippen LogP contribution < -0.4 is 10.1 Å². The van der Waals surface area contributed by atoms with Crippen molar-refractivity contribution in [2.45, 2.75) is 18.6 Å². The highest BCUT2D eigenvalue weighted by Crippen LogP contribution is 2.15. The summed E-state index contributed by atoms with van der Waals surface area (Å²) in [5.41, 5.74) is 0. The van der Waals surface area contributed by atoms with E-state index in [0.717, 1.165) is 25.0 Å². The van der Waals surface area contributed by atoms with E-state index >= 15 is 0 Å². The molecule has 0 radical (unpaired) electrons. The fraction of sp³-hybridized carbons (Fsp3) is 0.364. The maximum Gasteiger partial charge on any atom is 0.137 e. The largest absolute Gasteiger partial charge is 0.489 e. The van der Waals surface area contributed by atoms with Gasteiger partial charge in [0.15, 0.2) is 0 Å². The van der Waals surface area contributed by atoms with Gasteiger partial charge < -0.3 is 14.8 Å². The number of rotatable bonds is 3. The zero-order valence-electron chi connectivity index (χ0n) is 7.85. The summed E-state index contributed by atoms with van der Waals surface area (Å²) >= 11 is 0. The molecular weight excluding hydrogens is 178 g/mol. The molecule has 1 saturated heterocycles. The molecule has 0 bridgehead atoms. The van der Waals surface area contributed by atoms with Crippen LogP contribution in [0.3, 0.4) is 0 Å². The Balaban J connectivity index is 1.90. The molecule has 3 heteroatoms. The van der Waals surface area contributed by atoms with E-state index in [9.17, 15) is 4.79 Å². The van der Waals surface area contributed by atoms with Crippen molar-refractivity contribution in [3.05, 3.63) is 30.3 Å². The molecule has 2 rings (SSSR count). The second-order valence-electron chi connectivity index (χ2n) is 3.44. The van der Waals surface area contributed by atoms with Crippen molar-refractivity contribution in [3.8, 4) is 5.75 Å². The third-order valence-electron chi connectivity index (χ3n) is 2.33. The fourth-order valence-corrected chi connectivity index (χ4v) is 1.62. The Hall–Kier alpha value is -1.35. The van der Waals surface area contributed by atoms with Crippen LogP contribution in [0.4, 0.5) is 0 Å². The van der Waals surface area contributed by atoms with Gasteiger partial charge in [-0.1, -0.05) is 18.2 Å². The Morgan fingerprint density at radius 2 is 2.14 bits per heavy atom. The van der Waals surface area contributed by atoms with Crippen molar-refractivity contribution >= 4 is 6.29 Å². The first-order valence-corrected chi connectivity index (χ1v) is 4.79. The summed E-state index contributed by atoms with van der Waals surface area (Å²) in [6, 6.07) is 9.64. The Labute approximate surface area is 83.1 Å². The van der Waals surface area contributed by atoms with Crippen LogP contribution in [0.1, 0.15) is 6.42 Å². The molecule has 1 unspecified atom stereocenters. The van der Waals surface area contributed by atoms with Crippen molar-refractivity contribution in [2.24, 2.45) is 0 Å². The lowest BCUT2D eigenvalue weighted by atomic mass is 10.2. The minimum absolute atomic E-state index is 0.0382. The monoisotopic (exact) mass is 191 g/mol. The lowest BCUT2D eigenvalue weighted by Gasteiger charge is -2.11. The number of nitrogens with one attached hydrogen (secondary N) is 1. The molecular formula is C11H13NO2. The summed E-state index contributed by atoms with van der Waals surface area (Å²) in [6.45, 7) is 0.748. The summed E-state index contributed by atoms with van der Waals surface area (Å²) in [5.74, 6) is 0.867. The molecule has 1 fully saturated rings. The number of hydrogen-bond donors (Lipinski definition) is 1. The van der Waals surface area contributed by atoms with Crippen molar-refractivity contribution < 1.29 is 9.53 Å². The van der Waals surface area contributed by atoms with Crippen LogP contribution in [0.2, 0.25) is 0 Å². The number of para-hydroxylation sites is 1. The van der Waals surface area contributed by atoms with Gasteiger partial charge in [0.25, 0.3) is 0 Å². The smallest absolute Gasteiger partial charge is 0.137 e. The third kappa shape index (κ3) is 2.12. The molecule has 74 valence electrons. The molecule has 2 atom stereocenters. The Bertz CT molecular complexity index is 299. The van der Waals surface area contributed by atoms with Crippen LogP contribution in [0.25, 0.3) is 0 Å². The van der Waals surface area contributed by atoms with Gasteiger partial charge in [-0.2, -0.15) is 0 Å². The molecule has 0 aliphatic carbocycles. The topological polar surface area (TPSA) is 38.3 Å². The predicted molar refractivity (Wildman–Crippen MR) is 53.3 cm³/mol. The molecule has 1 heterocycles. The van der Waals surface area contributed by atoms with Gasteiger partial charge in [-0.15, -0.1) is 0 Å². The van der Waals surface area contributed by atoms with E-state index in [4.69, 9.17) is 4.74 Å². The lowest BCUT2D eigenvalue weighted by Crippen LogP contribution is -2.22. The highest BCUT2D eigenvalue weighted by atomic mass is 16.5. The number of benzene rings is 1. The summed E-state index contributed by atoms with van der Waals surface area (Å²) in [5, 5.41) is 3.08. The molecule has 0 saturated carbocycles. The number of aldehydes is 1. The van der Waals surface area contributed by atoms with Crippen LogP contribution in [0, 0.1) is 0 Å². The Morgan fingerprint density at radius 3 is 2.79 bits per heavy atom. The number of hydrogen-bond acceptors (Lipinski definition) is 3. The van der Waals surface area contributed by atoms with Crippen LogP contribution in [0.5, 0.6) is 5.75 Å². The van der Waals surface area contributed by atoms with Gasteiger partial charge >= 0.3 is 0 Å². The molecule has 0 spiro atoms. The van der Waals surface area contributed by atoms with Crippen LogP contribution in [-0.2, 0) is 4.79 Å². The summed E-state index contributed by atoms with van der Waals surface area (Å²) < 4.78 is 5.69. The molecule has 1 N–H and O–H groups in total. The van der Waals surface area contributed by atoms with E-state index in [2.05, 4.69) is 5.32 Å². The number of carbonyl (C=O) groups is 1. The first-order valence-electron chi connectivity index (χ1n) is 4.79. The second-order valence-corrected chi connectivity index (χ2v) is 3.44. The first-order chi connectivity index (χ1) is 6.88. The van der Waals surface area contributed by atoms with E-state index in [1.165, 1.54) is 0 Å². The Morgan fingerprint density at radius 1 is 1.36 bits per heavy atom. The summed E-state index contributed by atoms with van der Waals surface area (Å²) in [7, 11) is 0. The molecule has 1 aromatic carbocycles. The lowest BCUT2D eigenvalue weighted by molar-refractivity contribution is -0.109. The zero-order chi connectivity index (χ0) is 9.80. The SMILES string of the molecule is O=C[C@@H]1CC(Oc2ccccc2)CN1. The van der Waals surface area contributed by atoms with Crippen molar-refractivity contribution in [1.29, 1.82) is 0 Å². The van der Waals surface area contributed by atoms with Crippen molar-refractivity contribution in [1.82, 2.24) is 5.32 Å². The quantitative estimate of drug-likeness (QED) is 0.724. The van der Waals surface area contributed by atoms with E-state index < -0.39 is 0 Å².